The van der Waals surface area contributed by atoms with E-state index in [1.54, 1.807) is 37.5 Å². The van der Waals surface area contributed by atoms with Crippen LogP contribution >= 0.6 is 0 Å². The maximum absolute atomic E-state index is 12.4. The van der Waals surface area contributed by atoms with E-state index < -0.39 is 29.7 Å². The van der Waals surface area contributed by atoms with Crippen molar-refractivity contribution in [1.29, 1.82) is 0 Å². The number of methoxy groups -OCH3 is 1. The number of carboxylic acids is 1. The monoisotopic (exact) mass is 460 g/mol. The van der Waals surface area contributed by atoms with Gasteiger partial charge in [0.15, 0.2) is 0 Å². The van der Waals surface area contributed by atoms with Crippen molar-refractivity contribution in [2.24, 2.45) is 11.8 Å². The molecule has 0 aromatic heterocycles. The molecule has 6 atom stereocenters. The van der Waals surface area contributed by atoms with Crippen LogP contribution in [0.3, 0.4) is 0 Å². The van der Waals surface area contributed by atoms with Gasteiger partial charge in [-0.3, -0.25) is 0 Å². The zero-order valence-electron chi connectivity index (χ0n) is 19.8. The van der Waals surface area contributed by atoms with Crippen LogP contribution in [-0.2, 0) is 23.8 Å². The normalized spacial score (nSPS) is 30.8. The number of aliphatic carboxylic acids is 1. The largest absolute Gasteiger partial charge is 0.478 e. The number of rotatable bonds is 10. The quantitative estimate of drug-likeness (QED) is 0.221. The van der Waals surface area contributed by atoms with Crippen LogP contribution in [0.1, 0.15) is 40.0 Å². The highest BCUT2D eigenvalue weighted by Crippen LogP contribution is 2.49. The van der Waals surface area contributed by atoms with E-state index in [0.717, 1.165) is 18.1 Å². The molecular weight excluding hydrogens is 424 g/mol. The number of aliphatic hydroxyl groups is 1. The summed E-state index contributed by atoms with van der Waals surface area (Å²) in [6, 6.07) is 0. The highest BCUT2D eigenvalue weighted by Gasteiger charge is 2.58. The van der Waals surface area contributed by atoms with E-state index in [0.29, 0.717) is 19.4 Å². The van der Waals surface area contributed by atoms with Crippen molar-refractivity contribution in [3.05, 3.63) is 60.3 Å². The molecule has 7 nitrogen and oxygen atoms in total. The summed E-state index contributed by atoms with van der Waals surface area (Å²) in [6.07, 6.45) is 14.4. The topological polar surface area (TPSA) is 102 Å². The summed E-state index contributed by atoms with van der Waals surface area (Å²) < 4.78 is 17.7. The minimum atomic E-state index is -1.01. The second-order valence-electron chi connectivity index (χ2n) is 8.89. The molecule has 0 spiro atoms. The second-order valence-corrected chi connectivity index (χ2v) is 8.89. The third-order valence-electron chi connectivity index (χ3n) is 6.30. The number of ether oxygens (including phenoxy) is 3. The molecule has 0 radical (unpaired) electrons. The lowest BCUT2D eigenvalue weighted by Gasteiger charge is -2.45. The zero-order chi connectivity index (χ0) is 24.4. The summed E-state index contributed by atoms with van der Waals surface area (Å²) in [6.45, 7) is 6.49. The molecule has 1 aliphatic carbocycles. The molecule has 2 fully saturated rings. The number of allylic oxidation sites excluding steroid dienone is 7. The summed E-state index contributed by atoms with van der Waals surface area (Å²) in [5, 5.41) is 19.4. The molecular formula is C26H36O7. The molecule has 0 amide bonds. The first-order chi connectivity index (χ1) is 15.7. The Bertz CT molecular complexity index is 818. The van der Waals surface area contributed by atoms with Gasteiger partial charge in [0.25, 0.3) is 0 Å². The first-order valence-electron chi connectivity index (χ1n) is 11.3. The molecule has 0 aromatic rings. The standard InChI is InChI=1S/C26H36O7/c1-18(2)13-16-21(27)26(3)24-19(17-32-26)14-15-20(25(24)31-4)33-23(30)12-10-8-6-5-7-9-11-22(28)29/h5-13,19-21,24-25,27H,14-17H2,1-4H3,(H,28,29)/b7-5+,8-6+,11-9+,12-10+/t19?,20-,21-,24?,25-,26-/m1/s1. The van der Waals surface area contributed by atoms with Gasteiger partial charge >= 0.3 is 11.9 Å². The Morgan fingerprint density at radius 2 is 1.73 bits per heavy atom. The van der Waals surface area contributed by atoms with Gasteiger partial charge in [-0.05, 0) is 46.0 Å². The Labute approximate surface area is 196 Å². The zero-order valence-corrected chi connectivity index (χ0v) is 19.8. The van der Waals surface area contributed by atoms with Crippen LogP contribution < -0.4 is 0 Å². The number of carboxylic acid groups (broad SMARTS) is 1. The van der Waals surface area contributed by atoms with Crippen LogP contribution in [0.2, 0.25) is 0 Å². The highest BCUT2D eigenvalue weighted by molar-refractivity contribution is 5.82. The smallest absolute Gasteiger partial charge is 0.331 e. The van der Waals surface area contributed by atoms with Crippen molar-refractivity contribution in [1.82, 2.24) is 0 Å². The van der Waals surface area contributed by atoms with Gasteiger partial charge in [0.2, 0.25) is 0 Å². The molecule has 2 rings (SSSR count). The van der Waals surface area contributed by atoms with Gasteiger partial charge in [-0.25, -0.2) is 9.59 Å². The molecule has 0 aromatic carbocycles. The highest BCUT2D eigenvalue weighted by atomic mass is 16.6. The lowest BCUT2D eigenvalue weighted by Crippen LogP contribution is -2.56. The average Bonchev–Trinajstić information content (AvgIpc) is 3.11. The fourth-order valence-electron chi connectivity index (χ4n) is 4.63. The number of carbonyl (C=O) groups is 2. The predicted octanol–water partition coefficient (Wildman–Crippen LogP) is 3.75. The first-order valence-corrected chi connectivity index (χ1v) is 11.3. The van der Waals surface area contributed by atoms with E-state index in [1.165, 1.54) is 12.2 Å². The van der Waals surface area contributed by atoms with E-state index in [-0.39, 0.29) is 17.9 Å². The van der Waals surface area contributed by atoms with Crippen LogP contribution in [0.25, 0.3) is 0 Å². The van der Waals surface area contributed by atoms with Gasteiger partial charge < -0.3 is 24.4 Å². The van der Waals surface area contributed by atoms with E-state index in [1.807, 2.05) is 26.8 Å². The Morgan fingerprint density at radius 1 is 1.09 bits per heavy atom. The Morgan fingerprint density at radius 3 is 2.33 bits per heavy atom. The third kappa shape index (κ3) is 7.52. The second kappa shape index (κ2) is 12.7. The third-order valence-corrected chi connectivity index (χ3v) is 6.30. The predicted molar refractivity (Wildman–Crippen MR) is 125 cm³/mol. The number of hydrogen-bond donors (Lipinski definition) is 2. The molecule has 1 aliphatic heterocycles. The molecule has 1 saturated heterocycles. The Balaban J connectivity index is 2.00. The lowest BCUT2D eigenvalue weighted by molar-refractivity contribution is -0.175. The number of carbonyl (C=O) groups excluding carboxylic acids is 1. The molecule has 0 bridgehead atoms. The SMILES string of the molecule is CO[C@H]1C2C(CC[C@H]1OC(=O)/C=C/C=C/C=C/C=C/C(=O)O)CO[C@]2(C)[C@H](O)CC=C(C)C. The Kier molecular flexibility index (Phi) is 10.3. The fraction of sp³-hybridized carbons (Fsp3) is 0.538. The van der Waals surface area contributed by atoms with Crippen LogP contribution in [0.15, 0.2) is 60.3 Å². The van der Waals surface area contributed by atoms with E-state index >= 15 is 0 Å². The lowest BCUT2D eigenvalue weighted by atomic mass is 9.68. The maximum atomic E-state index is 12.4. The molecule has 7 heteroatoms. The summed E-state index contributed by atoms with van der Waals surface area (Å²) >= 11 is 0. The molecule has 1 heterocycles. The summed E-state index contributed by atoms with van der Waals surface area (Å²) in [5.74, 6) is -1.31. The van der Waals surface area contributed by atoms with Crippen molar-refractivity contribution in [2.45, 2.75) is 63.9 Å². The average molecular weight is 461 g/mol. The number of aliphatic hydroxyl groups excluding tert-OH is 1. The van der Waals surface area contributed by atoms with E-state index in [2.05, 4.69) is 0 Å². The first kappa shape index (κ1) is 26.8. The van der Waals surface area contributed by atoms with Crippen LogP contribution in [0.5, 0.6) is 0 Å². The van der Waals surface area contributed by atoms with Crippen LogP contribution in [-0.4, -0.2) is 59.8 Å². The van der Waals surface area contributed by atoms with Crippen LogP contribution in [0, 0.1) is 11.8 Å². The van der Waals surface area contributed by atoms with Gasteiger partial charge in [0.05, 0.1) is 18.3 Å². The maximum Gasteiger partial charge on any atom is 0.331 e. The fourth-order valence-corrected chi connectivity index (χ4v) is 4.63. The van der Waals surface area contributed by atoms with Gasteiger partial charge in [0, 0.05) is 25.2 Å². The van der Waals surface area contributed by atoms with Gasteiger partial charge in [-0.1, -0.05) is 48.1 Å². The number of fused-ring (bicyclic) bond motifs is 1. The van der Waals surface area contributed by atoms with Crippen LogP contribution in [0.4, 0.5) is 0 Å². The minimum absolute atomic E-state index is 0.0810. The summed E-state index contributed by atoms with van der Waals surface area (Å²) in [5.41, 5.74) is 0.363. The molecule has 2 aliphatic rings. The molecule has 182 valence electrons. The van der Waals surface area contributed by atoms with E-state index in [4.69, 9.17) is 19.3 Å². The minimum Gasteiger partial charge on any atom is -0.478 e. The molecule has 33 heavy (non-hydrogen) atoms. The molecule has 2 N–H and O–H groups in total. The van der Waals surface area contributed by atoms with Crippen molar-refractivity contribution < 1.29 is 34.0 Å². The van der Waals surface area contributed by atoms with Crippen molar-refractivity contribution >= 4 is 11.9 Å². The van der Waals surface area contributed by atoms with Crippen molar-refractivity contribution in [3.63, 3.8) is 0 Å². The summed E-state index contributed by atoms with van der Waals surface area (Å²) in [7, 11) is 1.61. The number of esters is 1. The van der Waals surface area contributed by atoms with Crippen molar-refractivity contribution in [3.8, 4) is 0 Å². The van der Waals surface area contributed by atoms with Crippen molar-refractivity contribution in [2.75, 3.05) is 13.7 Å². The summed E-state index contributed by atoms with van der Waals surface area (Å²) in [4.78, 5) is 22.7. The van der Waals surface area contributed by atoms with Gasteiger partial charge in [-0.15, -0.1) is 0 Å². The van der Waals surface area contributed by atoms with Gasteiger partial charge in [-0.2, -0.15) is 0 Å². The number of hydrogen-bond acceptors (Lipinski definition) is 6. The van der Waals surface area contributed by atoms with Gasteiger partial charge in [0.1, 0.15) is 12.2 Å². The molecule has 2 unspecified atom stereocenters. The molecule has 1 saturated carbocycles. The van der Waals surface area contributed by atoms with E-state index in [9.17, 15) is 14.7 Å². The Hall–Kier alpha value is -2.48.